The first-order chi connectivity index (χ1) is 12.0. The van der Waals surface area contributed by atoms with Crippen LogP contribution in [-0.2, 0) is 14.3 Å². The van der Waals surface area contributed by atoms with Gasteiger partial charge >= 0.3 is 5.97 Å². The van der Waals surface area contributed by atoms with E-state index in [0.717, 1.165) is 0 Å². The van der Waals surface area contributed by atoms with Gasteiger partial charge in [-0.25, -0.2) is 4.39 Å². The number of ketones is 1. The van der Waals surface area contributed by atoms with Crippen molar-refractivity contribution in [1.82, 2.24) is 5.32 Å². The molecule has 1 N–H and O–H groups in total. The van der Waals surface area contributed by atoms with Gasteiger partial charge in [0.2, 0.25) is 5.91 Å². The Morgan fingerprint density at radius 2 is 1.88 bits per heavy atom. The van der Waals surface area contributed by atoms with Gasteiger partial charge in [-0.15, -0.1) is 11.3 Å². The number of halogens is 1. The molecular formula is C18H18FNO4S. The summed E-state index contributed by atoms with van der Waals surface area (Å²) in [5.74, 6) is -1.36. The van der Waals surface area contributed by atoms with E-state index in [2.05, 4.69) is 10.1 Å². The fourth-order valence-corrected chi connectivity index (χ4v) is 2.95. The van der Waals surface area contributed by atoms with Gasteiger partial charge in [0.05, 0.1) is 24.4 Å². The van der Waals surface area contributed by atoms with Gasteiger partial charge in [0, 0.05) is 12.8 Å². The van der Waals surface area contributed by atoms with Gasteiger partial charge in [-0.3, -0.25) is 14.4 Å². The molecule has 132 valence electrons. The van der Waals surface area contributed by atoms with Crippen LogP contribution in [0.2, 0.25) is 0 Å². The highest BCUT2D eigenvalue weighted by Crippen LogP contribution is 2.19. The Balaban J connectivity index is 1.97. The molecule has 0 saturated carbocycles. The summed E-state index contributed by atoms with van der Waals surface area (Å²) in [7, 11) is 1.26. The molecule has 7 heteroatoms. The van der Waals surface area contributed by atoms with Crippen LogP contribution in [-0.4, -0.2) is 24.8 Å². The number of carbonyl (C=O) groups is 3. The molecule has 1 heterocycles. The van der Waals surface area contributed by atoms with Crippen LogP contribution in [0.25, 0.3) is 0 Å². The van der Waals surface area contributed by atoms with Crippen molar-refractivity contribution in [1.29, 1.82) is 0 Å². The maximum absolute atomic E-state index is 13.1. The van der Waals surface area contributed by atoms with Crippen molar-refractivity contribution in [2.75, 3.05) is 7.11 Å². The van der Waals surface area contributed by atoms with Gasteiger partial charge in [0.15, 0.2) is 5.78 Å². The summed E-state index contributed by atoms with van der Waals surface area (Å²) < 4.78 is 17.7. The van der Waals surface area contributed by atoms with Crippen LogP contribution in [0.1, 0.15) is 40.5 Å². The predicted molar refractivity (Wildman–Crippen MR) is 91.8 cm³/mol. The van der Waals surface area contributed by atoms with Crippen LogP contribution in [0, 0.1) is 5.82 Å². The highest BCUT2D eigenvalue weighted by atomic mass is 32.1. The lowest BCUT2D eigenvalue weighted by molar-refractivity contribution is -0.141. The molecule has 1 amide bonds. The lowest BCUT2D eigenvalue weighted by atomic mass is 10.0. The lowest BCUT2D eigenvalue weighted by Gasteiger charge is -2.18. The van der Waals surface area contributed by atoms with Crippen LogP contribution in [0.5, 0.6) is 0 Å². The maximum atomic E-state index is 13.1. The molecule has 2 aromatic rings. The molecule has 0 aliphatic rings. The average molecular weight is 363 g/mol. The SMILES string of the molecule is COC(=O)C[C@@H](NC(=O)CCC(=O)c1cccs1)c1ccc(F)cc1. The summed E-state index contributed by atoms with van der Waals surface area (Å²) in [6.45, 7) is 0. The molecule has 0 spiro atoms. The number of benzene rings is 1. The highest BCUT2D eigenvalue weighted by molar-refractivity contribution is 7.12. The van der Waals surface area contributed by atoms with Crippen LogP contribution in [0.4, 0.5) is 4.39 Å². The lowest BCUT2D eigenvalue weighted by Crippen LogP contribution is -2.30. The minimum Gasteiger partial charge on any atom is -0.469 e. The van der Waals surface area contributed by atoms with E-state index in [1.807, 2.05) is 0 Å². The Kier molecular flexibility index (Phi) is 6.82. The molecule has 25 heavy (non-hydrogen) atoms. The number of esters is 1. The summed E-state index contributed by atoms with van der Waals surface area (Å²) in [6.07, 6.45) is 0.0169. The number of Topliss-reactive ketones (excluding diaryl/α,β-unsaturated/α-hetero) is 1. The summed E-state index contributed by atoms with van der Waals surface area (Å²) in [5.41, 5.74) is 0.588. The Morgan fingerprint density at radius 3 is 2.48 bits per heavy atom. The first-order valence-corrected chi connectivity index (χ1v) is 8.56. The van der Waals surface area contributed by atoms with E-state index in [-0.39, 0.29) is 31.0 Å². The molecule has 1 aromatic carbocycles. The topological polar surface area (TPSA) is 72.5 Å². The van der Waals surface area contributed by atoms with Crippen LogP contribution >= 0.6 is 11.3 Å². The summed E-state index contributed by atoms with van der Waals surface area (Å²) in [6, 6.07) is 8.36. The third-order valence-electron chi connectivity index (χ3n) is 3.58. The largest absolute Gasteiger partial charge is 0.469 e. The van der Waals surface area contributed by atoms with Gasteiger partial charge in [-0.05, 0) is 29.1 Å². The zero-order valence-electron chi connectivity index (χ0n) is 13.7. The van der Waals surface area contributed by atoms with E-state index in [4.69, 9.17) is 0 Å². The van der Waals surface area contributed by atoms with Crippen molar-refractivity contribution < 1.29 is 23.5 Å². The fourth-order valence-electron chi connectivity index (χ4n) is 2.25. The molecule has 0 aliphatic carbocycles. The molecule has 0 saturated heterocycles. The number of rotatable bonds is 8. The third kappa shape index (κ3) is 5.79. The van der Waals surface area contributed by atoms with Crippen molar-refractivity contribution in [2.45, 2.75) is 25.3 Å². The fraction of sp³-hybridized carbons (Fsp3) is 0.278. The highest BCUT2D eigenvalue weighted by Gasteiger charge is 2.20. The molecule has 0 fully saturated rings. The molecule has 0 radical (unpaired) electrons. The molecule has 0 aliphatic heterocycles. The van der Waals surface area contributed by atoms with Crippen molar-refractivity contribution in [3.63, 3.8) is 0 Å². The zero-order valence-corrected chi connectivity index (χ0v) is 14.5. The third-order valence-corrected chi connectivity index (χ3v) is 4.49. The second kappa shape index (κ2) is 9.08. The van der Waals surface area contributed by atoms with Gasteiger partial charge in [-0.1, -0.05) is 18.2 Å². The minimum absolute atomic E-state index is 0.00952. The molecule has 0 bridgehead atoms. The van der Waals surface area contributed by atoms with E-state index in [0.29, 0.717) is 10.4 Å². The Morgan fingerprint density at radius 1 is 1.16 bits per heavy atom. The maximum Gasteiger partial charge on any atom is 0.307 e. The van der Waals surface area contributed by atoms with E-state index in [1.54, 1.807) is 17.5 Å². The van der Waals surface area contributed by atoms with Crippen molar-refractivity contribution in [3.05, 3.63) is 58.0 Å². The van der Waals surface area contributed by atoms with Gasteiger partial charge in [0.1, 0.15) is 5.82 Å². The van der Waals surface area contributed by atoms with Gasteiger partial charge in [0.25, 0.3) is 0 Å². The molecule has 0 unspecified atom stereocenters. The molecule has 2 rings (SSSR count). The van der Waals surface area contributed by atoms with Crippen molar-refractivity contribution in [3.8, 4) is 0 Å². The molecular weight excluding hydrogens is 345 g/mol. The van der Waals surface area contributed by atoms with Crippen molar-refractivity contribution in [2.24, 2.45) is 0 Å². The zero-order chi connectivity index (χ0) is 18.2. The number of methoxy groups -OCH3 is 1. The number of amides is 1. The quantitative estimate of drug-likeness (QED) is 0.577. The van der Waals surface area contributed by atoms with E-state index < -0.39 is 17.8 Å². The van der Waals surface area contributed by atoms with Crippen LogP contribution in [0.15, 0.2) is 41.8 Å². The monoisotopic (exact) mass is 363 g/mol. The van der Waals surface area contributed by atoms with E-state index in [9.17, 15) is 18.8 Å². The Labute approximate surface area is 148 Å². The number of hydrogen-bond acceptors (Lipinski definition) is 5. The smallest absolute Gasteiger partial charge is 0.307 e. The molecule has 5 nitrogen and oxygen atoms in total. The Bertz CT molecular complexity index is 728. The molecule has 1 atom stereocenters. The Hall–Kier alpha value is -2.54. The van der Waals surface area contributed by atoms with Crippen LogP contribution in [0.3, 0.4) is 0 Å². The van der Waals surface area contributed by atoms with Gasteiger partial charge < -0.3 is 10.1 Å². The summed E-state index contributed by atoms with van der Waals surface area (Å²) in [5, 5.41) is 4.51. The number of ether oxygens (including phenoxy) is 1. The van der Waals surface area contributed by atoms with Crippen LogP contribution < -0.4 is 5.32 Å². The van der Waals surface area contributed by atoms with Gasteiger partial charge in [-0.2, -0.15) is 0 Å². The number of carbonyl (C=O) groups excluding carboxylic acids is 3. The number of nitrogens with one attached hydrogen (secondary N) is 1. The number of thiophene rings is 1. The van der Waals surface area contributed by atoms with E-state index >= 15 is 0 Å². The number of hydrogen-bond donors (Lipinski definition) is 1. The second-order valence-electron chi connectivity index (χ2n) is 5.35. The van der Waals surface area contributed by atoms with Crippen molar-refractivity contribution >= 4 is 29.0 Å². The summed E-state index contributed by atoms with van der Waals surface area (Å²) >= 11 is 1.33. The first-order valence-electron chi connectivity index (χ1n) is 7.68. The first kappa shape index (κ1) is 18.8. The average Bonchev–Trinajstić information content (AvgIpc) is 3.14. The standard InChI is InChI=1S/C18H18FNO4S/c1-24-18(23)11-14(12-4-6-13(19)7-5-12)20-17(22)9-8-15(21)16-3-2-10-25-16/h2-7,10,14H,8-9,11H2,1H3,(H,20,22)/t14-/m1/s1. The summed E-state index contributed by atoms with van der Waals surface area (Å²) in [4.78, 5) is 36.3. The van der Waals surface area contributed by atoms with E-state index in [1.165, 1.54) is 42.7 Å². The normalized spacial score (nSPS) is 11.6. The minimum atomic E-state index is -0.641. The second-order valence-corrected chi connectivity index (χ2v) is 6.30. The predicted octanol–water partition coefficient (Wildman–Crippen LogP) is 3.27. The molecule has 1 aromatic heterocycles.